The summed E-state index contributed by atoms with van der Waals surface area (Å²) in [5.74, 6) is -0.205. The molecular weight excluding hydrogens is 362 g/mol. The van der Waals surface area contributed by atoms with E-state index in [1.807, 2.05) is 18.2 Å². The van der Waals surface area contributed by atoms with Gasteiger partial charge in [-0.15, -0.1) is 0 Å². The molecule has 0 radical (unpaired) electrons. The monoisotopic (exact) mass is 385 g/mol. The predicted octanol–water partition coefficient (Wildman–Crippen LogP) is 2.52. The lowest BCUT2D eigenvalue weighted by molar-refractivity contribution is 0.0932. The van der Waals surface area contributed by atoms with Gasteiger partial charge >= 0.3 is 0 Å². The minimum Gasteiger partial charge on any atom is -0.399 e. The average molecular weight is 385 g/mol. The maximum Gasteiger partial charge on any atom is 0.251 e. The summed E-state index contributed by atoms with van der Waals surface area (Å²) >= 11 is 0. The van der Waals surface area contributed by atoms with Crippen molar-refractivity contribution >= 4 is 21.6 Å². The van der Waals surface area contributed by atoms with Gasteiger partial charge in [0.2, 0.25) is 10.0 Å². The second kappa shape index (κ2) is 6.98. The highest BCUT2D eigenvalue weighted by molar-refractivity contribution is 7.89. The third-order valence-electron chi connectivity index (χ3n) is 5.11. The van der Waals surface area contributed by atoms with Crippen LogP contribution < -0.4 is 15.8 Å². The molecule has 0 heterocycles. The van der Waals surface area contributed by atoms with Crippen LogP contribution in [-0.4, -0.2) is 20.4 Å². The molecule has 1 unspecified atom stereocenters. The minimum atomic E-state index is -3.50. The Bertz CT molecular complexity index is 966. The SMILES string of the molecule is Nc1ccc2c(c1)CCCC2NC(=O)c1ccc(S(=O)(=O)NC2CC2)cc1. The third kappa shape index (κ3) is 3.99. The van der Waals surface area contributed by atoms with Crippen LogP contribution in [0.15, 0.2) is 47.4 Å². The van der Waals surface area contributed by atoms with Crippen molar-refractivity contribution in [1.29, 1.82) is 0 Å². The number of hydrogen-bond donors (Lipinski definition) is 3. The van der Waals surface area contributed by atoms with Gasteiger partial charge < -0.3 is 11.1 Å². The first kappa shape index (κ1) is 18.0. The molecular formula is C20H23N3O3S. The largest absolute Gasteiger partial charge is 0.399 e. The second-order valence-electron chi connectivity index (χ2n) is 7.30. The smallest absolute Gasteiger partial charge is 0.251 e. The molecule has 2 aromatic carbocycles. The Morgan fingerprint density at radius 2 is 1.78 bits per heavy atom. The van der Waals surface area contributed by atoms with Gasteiger partial charge in [0, 0.05) is 17.3 Å². The lowest BCUT2D eigenvalue weighted by Crippen LogP contribution is -2.31. The van der Waals surface area contributed by atoms with Gasteiger partial charge in [-0.25, -0.2) is 13.1 Å². The van der Waals surface area contributed by atoms with Crippen LogP contribution in [0.2, 0.25) is 0 Å². The van der Waals surface area contributed by atoms with E-state index in [2.05, 4.69) is 10.0 Å². The number of hydrogen-bond acceptors (Lipinski definition) is 4. The molecule has 4 N–H and O–H groups in total. The Morgan fingerprint density at radius 1 is 1.04 bits per heavy atom. The van der Waals surface area contributed by atoms with Crippen molar-refractivity contribution in [2.45, 2.75) is 49.1 Å². The maximum absolute atomic E-state index is 12.6. The lowest BCUT2D eigenvalue weighted by atomic mass is 9.87. The molecule has 0 spiro atoms. The Balaban J connectivity index is 1.48. The molecule has 1 fully saturated rings. The number of fused-ring (bicyclic) bond motifs is 1. The average Bonchev–Trinajstić information content (AvgIpc) is 3.45. The Hall–Kier alpha value is -2.38. The number of nitrogens with two attached hydrogens (primary N) is 1. The van der Waals surface area contributed by atoms with Gasteiger partial charge in [-0.1, -0.05) is 6.07 Å². The first-order valence-corrected chi connectivity index (χ1v) is 10.7. The molecule has 0 aliphatic heterocycles. The van der Waals surface area contributed by atoms with E-state index in [4.69, 9.17) is 5.73 Å². The van der Waals surface area contributed by atoms with E-state index in [1.54, 1.807) is 12.1 Å². The fraction of sp³-hybridized carbons (Fsp3) is 0.350. The summed E-state index contributed by atoms with van der Waals surface area (Å²) < 4.78 is 27.1. The summed E-state index contributed by atoms with van der Waals surface area (Å²) in [5, 5.41) is 3.07. The van der Waals surface area contributed by atoms with E-state index in [0.717, 1.165) is 43.4 Å². The van der Waals surface area contributed by atoms with E-state index in [1.165, 1.54) is 17.7 Å². The number of amides is 1. The number of nitrogen functional groups attached to an aromatic ring is 1. The van der Waals surface area contributed by atoms with Crippen LogP contribution >= 0.6 is 0 Å². The van der Waals surface area contributed by atoms with Crippen LogP contribution in [0.5, 0.6) is 0 Å². The molecule has 142 valence electrons. The summed E-state index contributed by atoms with van der Waals surface area (Å²) in [7, 11) is -3.50. The molecule has 2 aliphatic carbocycles. The van der Waals surface area contributed by atoms with Crippen molar-refractivity contribution in [3.8, 4) is 0 Å². The Labute approximate surface area is 159 Å². The molecule has 2 aromatic rings. The molecule has 7 heteroatoms. The lowest BCUT2D eigenvalue weighted by Gasteiger charge is -2.26. The Morgan fingerprint density at radius 3 is 2.48 bits per heavy atom. The number of aryl methyl sites for hydroxylation is 1. The number of sulfonamides is 1. The van der Waals surface area contributed by atoms with E-state index in [-0.39, 0.29) is 22.9 Å². The summed E-state index contributed by atoms with van der Waals surface area (Å²) in [4.78, 5) is 12.8. The van der Waals surface area contributed by atoms with Gasteiger partial charge in [-0.3, -0.25) is 4.79 Å². The van der Waals surface area contributed by atoms with Crippen molar-refractivity contribution in [2.24, 2.45) is 0 Å². The van der Waals surface area contributed by atoms with Crippen molar-refractivity contribution in [1.82, 2.24) is 10.0 Å². The highest BCUT2D eigenvalue weighted by Gasteiger charge is 2.28. The number of nitrogens with one attached hydrogen (secondary N) is 2. The highest BCUT2D eigenvalue weighted by Crippen LogP contribution is 2.31. The summed E-state index contributed by atoms with van der Waals surface area (Å²) in [6, 6.07) is 11.9. The quantitative estimate of drug-likeness (QED) is 0.688. The van der Waals surface area contributed by atoms with Gasteiger partial charge in [0.25, 0.3) is 5.91 Å². The molecule has 0 saturated heterocycles. The fourth-order valence-electron chi connectivity index (χ4n) is 3.50. The number of benzene rings is 2. The van der Waals surface area contributed by atoms with Crippen molar-refractivity contribution in [3.63, 3.8) is 0 Å². The molecule has 4 rings (SSSR count). The number of carbonyl (C=O) groups excluding carboxylic acids is 1. The minimum absolute atomic E-state index is 0.0539. The molecule has 2 aliphatic rings. The van der Waals surface area contributed by atoms with E-state index >= 15 is 0 Å². The van der Waals surface area contributed by atoms with Gasteiger partial charge in [-0.05, 0) is 79.6 Å². The van der Waals surface area contributed by atoms with Crippen molar-refractivity contribution in [3.05, 3.63) is 59.2 Å². The van der Waals surface area contributed by atoms with Crippen LogP contribution in [0.1, 0.15) is 53.2 Å². The summed E-state index contributed by atoms with van der Waals surface area (Å²) in [5.41, 5.74) is 9.33. The molecule has 0 bridgehead atoms. The Kier molecular flexibility index (Phi) is 4.65. The highest BCUT2D eigenvalue weighted by atomic mass is 32.2. The van der Waals surface area contributed by atoms with E-state index < -0.39 is 10.0 Å². The molecule has 1 atom stereocenters. The predicted molar refractivity (Wildman–Crippen MR) is 104 cm³/mol. The van der Waals surface area contributed by atoms with Gasteiger partial charge in [0.15, 0.2) is 0 Å². The van der Waals surface area contributed by atoms with Crippen LogP contribution in [0, 0.1) is 0 Å². The van der Waals surface area contributed by atoms with Gasteiger partial charge in [0.05, 0.1) is 10.9 Å². The zero-order valence-electron chi connectivity index (χ0n) is 14.9. The molecule has 0 aromatic heterocycles. The summed E-state index contributed by atoms with van der Waals surface area (Å²) in [6.07, 6.45) is 4.60. The van der Waals surface area contributed by atoms with Crippen molar-refractivity contribution in [2.75, 3.05) is 5.73 Å². The molecule has 6 nitrogen and oxygen atoms in total. The van der Waals surface area contributed by atoms with Crippen LogP contribution in [0.25, 0.3) is 0 Å². The standard InChI is InChI=1S/C20H23N3O3S/c21-15-6-11-18-14(12-15)2-1-3-19(18)22-20(24)13-4-9-17(10-5-13)27(25,26)23-16-7-8-16/h4-6,9-12,16,19,23H,1-3,7-8,21H2,(H,22,24). The van der Waals surface area contributed by atoms with Crippen LogP contribution in [-0.2, 0) is 16.4 Å². The fourth-order valence-corrected chi connectivity index (χ4v) is 4.80. The number of carbonyl (C=O) groups is 1. The zero-order chi connectivity index (χ0) is 19.0. The van der Waals surface area contributed by atoms with Crippen LogP contribution in [0.4, 0.5) is 5.69 Å². The topological polar surface area (TPSA) is 101 Å². The molecule has 27 heavy (non-hydrogen) atoms. The first-order valence-electron chi connectivity index (χ1n) is 9.24. The van der Waals surface area contributed by atoms with Gasteiger partial charge in [-0.2, -0.15) is 0 Å². The maximum atomic E-state index is 12.6. The third-order valence-corrected chi connectivity index (χ3v) is 6.65. The van der Waals surface area contributed by atoms with Gasteiger partial charge in [0.1, 0.15) is 0 Å². The number of rotatable bonds is 5. The normalized spacial score (nSPS) is 19.3. The van der Waals surface area contributed by atoms with E-state index in [9.17, 15) is 13.2 Å². The van der Waals surface area contributed by atoms with E-state index in [0.29, 0.717) is 5.56 Å². The second-order valence-corrected chi connectivity index (χ2v) is 9.01. The first-order chi connectivity index (χ1) is 12.9. The molecule has 1 saturated carbocycles. The van der Waals surface area contributed by atoms with Crippen LogP contribution in [0.3, 0.4) is 0 Å². The zero-order valence-corrected chi connectivity index (χ0v) is 15.8. The summed E-state index contributed by atoms with van der Waals surface area (Å²) in [6.45, 7) is 0. The van der Waals surface area contributed by atoms with Crippen molar-refractivity contribution < 1.29 is 13.2 Å². The number of anilines is 1. The molecule has 1 amide bonds.